The molecule has 4 aromatic rings. The van der Waals surface area contributed by atoms with Crippen LogP contribution in [0.3, 0.4) is 0 Å². The number of aromatic nitrogens is 3. The van der Waals surface area contributed by atoms with E-state index in [1.54, 1.807) is 13.1 Å². The number of thioether (sulfide) groups is 1. The van der Waals surface area contributed by atoms with Crippen LogP contribution in [0.25, 0.3) is 22.4 Å². The van der Waals surface area contributed by atoms with Crippen LogP contribution in [0.2, 0.25) is 0 Å². The van der Waals surface area contributed by atoms with Gasteiger partial charge in [0.15, 0.2) is 5.75 Å². The Kier molecular flexibility index (Phi) is 5.58. The van der Waals surface area contributed by atoms with Crippen LogP contribution >= 0.6 is 11.8 Å². The fraction of sp³-hybridized carbons (Fsp3) is 0.150. The van der Waals surface area contributed by atoms with Crippen LogP contribution in [0.15, 0.2) is 52.2 Å². The van der Waals surface area contributed by atoms with Gasteiger partial charge in [0.1, 0.15) is 0 Å². The second kappa shape index (κ2) is 8.48. The minimum Gasteiger partial charge on any atom is -0.490 e. The highest BCUT2D eigenvalue weighted by Crippen LogP contribution is 2.33. The Bertz CT molecular complexity index is 1280. The van der Waals surface area contributed by atoms with Gasteiger partial charge in [0.2, 0.25) is 5.91 Å². The standard InChI is InChI=1S/C20H17N5O5S/c1-11-7-16(25(27)28)17(29-2)8-15(11)22-18(26)10-31-20-24-23-19(30-20)13-9-21-14-6-4-3-5-12(13)14/h3-9,21H,10H2,1-2H3,(H,22,26). The second-order valence-electron chi connectivity index (χ2n) is 6.55. The summed E-state index contributed by atoms with van der Waals surface area (Å²) in [6.07, 6.45) is 1.80. The van der Waals surface area contributed by atoms with Crippen LogP contribution in [0.1, 0.15) is 5.56 Å². The van der Waals surface area contributed by atoms with E-state index >= 15 is 0 Å². The quantitative estimate of drug-likeness (QED) is 0.249. The molecule has 0 aliphatic carbocycles. The number of nitrogens with zero attached hydrogens (tertiary/aromatic N) is 3. The van der Waals surface area contributed by atoms with Gasteiger partial charge < -0.3 is 19.5 Å². The molecular weight excluding hydrogens is 422 g/mol. The highest BCUT2D eigenvalue weighted by Gasteiger charge is 2.19. The highest BCUT2D eigenvalue weighted by atomic mass is 32.2. The molecule has 158 valence electrons. The van der Waals surface area contributed by atoms with Crippen LogP contribution in [0, 0.1) is 17.0 Å². The number of carbonyl (C=O) groups excluding carboxylic acids is 1. The molecule has 1 amide bonds. The normalized spacial score (nSPS) is 10.9. The summed E-state index contributed by atoms with van der Waals surface area (Å²) >= 11 is 1.09. The van der Waals surface area contributed by atoms with E-state index in [4.69, 9.17) is 9.15 Å². The smallest absolute Gasteiger partial charge is 0.311 e. The molecule has 10 nitrogen and oxygen atoms in total. The van der Waals surface area contributed by atoms with E-state index in [9.17, 15) is 14.9 Å². The Labute approximate surface area is 180 Å². The van der Waals surface area contributed by atoms with E-state index in [-0.39, 0.29) is 28.3 Å². The van der Waals surface area contributed by atoms with Gasteiger partial charge in [-0.2, -0.15) is 0 Å². The molecule has 0 unspecified atom stereocenters. The third-order valence-corrected chi connectivity index (χ3v) is 5.37. The van der Waals surface area contributed by atoms with Crippen LogP contribution < -0.4 is 10.1 Å². The molecule has 4 rings (SSSR count). The molecule has 0 atom stereocenters. The van der Waals surface area contributed by atoms with Crippen molar-refractivity contribution in [2.45, 2.75) is 12.1 Å². The van der Waals surface area contributed by atoms with Crippen molar-refractivity contribution < 1.29 is 18.9 Å². The van der Waals surface area contributed by atoms with Gasteiger partial charge in [0.05, 0.1) is 23.3 Å². The van der Waals surface area contributed by atoms with Gasteiger partial charge in [-0.15, -0.1) is 10.2 Å². The maximum absolute atomic E-state index is 12.4. The molecule has 0 saturated heterocycles. The van der Waals surface area contributed by atoms with Gasteiger partial charge in [-0.3, -0.25) is 14.9 Å². The fourth-order valence-corrected chi connectivity index (χ4v) is 3.62. The number of benzene rings is 2. The summed E-state index contributed by atoms with van der Waals surface area (Å²) in [4.78, 5) is 26.1. The molecule has 2 aromatic heterocycles. The summed E-state index contributed by atoms with van der Waals surface area (Å²) in [6.45, 7) is 1.67. The van der Waals surface area contributed by atoms with Gasteiger partial charge in [0.25, 0.3) is 11.1 Å². The average Bonchev–Trinajstić information content (AvgIpc) is 3.40. The number of anilines is 1. The number of aryl methyl sites for hydroxylation is 1. The third kappa shape index (κ3) is 4.21. The summed E-state index contributed by atoms with van der Waals surface area (Å²) in [7, 11) is 1.33. The van der Waals surface area contributed by atoms with Crippen molar-refractivity contribution in [3.05, 3.63) is 58.3 Å². The van der Waals surface area contributed by atoms with Crippen molar-refractivity contribution in [3.63, 3.8) is 0 Å². The zero-order valence-electron chi connectivity index (χ0n) is 16.5. The lowest BCUT2D eigenvalue weighted by Gasteiger charge is -2.10. The van der Waals surface area contributed by atoms with E-state index in [0.29, 0.717) is 17.1 Å². The number of nitro groups is 1. The first-order chi connectivity index (χ1) is 15.0. The van der Waals surface area contributed by atoms with Gasteiger partial charge in [-0.25, -0.2) is 0 Å². The molecule has 0 radical (unpaired) electrons. The molecule has 0 aliphatic rings. The van der Waals surface area contributed by atoms with Crippen molar-refractivity contribution >= 4 is 39.9 Å². The molecule has 2 aromatic carbocycles. The van der Waals surface area contributed by atoms with Crippen LogP contribution in [-0.4, -0.2) is 38.9 Å². The number of nitrogens with one attached hydrogen (secondary N) is 2. The number of para-hydroxylation sites is 1. The molecule has 0 fully saturated rings. The first-order valence-electron chi connectivity index (χ1n) is 9.12. The number of ether oxygens (including phenoxy) is 1. The number of rotatable bonds is 7. The molecule has 0 spiro atoms. The Morgan fingerprint density at radius 1 is 1.32 bits per heavy atom. The maximum Gasteiger partial charge on any atom is 0.311 e. The number of amides is 1. The predicted octanol–water partition coefficient (Wildman–Crippen LogP) is 4.17. The zero-order chi connectivity index (χ0) is 22.0. The molecule has 2 heterocycles. The number of carbonyl (C=O) groups is 1. The van der Waals surface area contributed by atoms with Crippen LogP contribution in [0.5, 0.6) is 5.75 Å². The minimum absolute atomic E-state index is 0.0221. The van der Waals surface area contributed by atoms with E-state index in [2.05, 4.69) is 20.5 Å². The topological polar surface area (TPSA) is 136 Å². The highest BCUT2D eigenvalue weighted by molar-refractivity contribution is 7.99. The Balaban J connectivity index is 1.43. The average molecular weight is 439 g/mol. The lowest BCUT2D eigenvalue weighted by molar-refractivity contribution is -0.385. The Morgan fingerprint density at radius 3 is 2.90 bits per heavy atom. The van der Waals surface area contributed by atoms with Gasteiger partial charge in [-0.1, -0.05) is 30.0 Å². The third-order valence-electron chi connectivity index (χ3n) is 4.55. The number of fused-ring (bicyclic) bond motifs is 1. The van der Waals surface area contributed by atoms with Gasteiger partial charge in [-0.05, 0) is 18.6 Å². The number of methoxy groups -OCH3 is 1. The van der Waals surface area contributed by atoms with Crippen molar-refractivity contribution in [2.24, 2.45) is 0 Å². The monoisotopic (exact) mass is 439 g/mol. The summed E-state index contributed by atoms with van der Waals surface area (Å²) in [5.41, 5.74) is 2.55. The lowest BCUT2D eigenvalue weighted by Crippen LogP contribution is -2.15. The van der Waals surface area contributed by atoms with E-state index in [1.165, 1.54) is 19.2 Å². The minimum atomic E-state index is -0.534. The lowest BCUT2D eigenvalue weighted by atomic mass is 10.1. The number of aromatic amines is 1. The Morgan fingerprint density at radius 2 is 2.13 bits per heavy atom. The predicted molar refractivity (Wildman–Crippen MR) is 115 cm³/mol. The fourth-order valence-electron chi connectivity index (χ4n) is 3.05. The molecular formula is C20H17N5O5S. The second-order valence-corrected chi connectivity index (χ2v) is 7.48. The van der Waals surface area contributed by atoms with Crippen molar-refractivity contribution in [2.75, 3.05) is 18.2 Å². The van der Waals surface area contributed by atoms with Crippen molar-refractivity contribution in [1.82, 2.24) is 15.2 Å². The number of hydrogen-bond donors (Lipinski definition) is 2. The largest absolute Gasteiger partial charge is 0.490 e. The molecule has 0 bridgehead atoms. The number of H-pyrrole nitrogens is 1. The van der Waals surface area contributed by atoms with Crippen molar-refractivity contribution in [3.8, 4) is 17.2 Å². The SMILES string of the molecule is COc1cc(NC(=O)CSc2nnc(-c3c[nH]c4ccccc34)o2)c(C)cc1[N+](=O)[O-]. The van der Waals surface area contributed by atoms with E-state index in [1.807, 2.05) is 24.3 Å². The van der Waals surface area contributed by atoms with E-state index < -0.39 is 4.92 Å². The molecule has 0 aliphatic heterocycles. The number of nitro benzene ring substituents is 1. The van der Waals surface area contributed by atoms with Crippen LogP contribution in [-0.2, 0) is 4.79 Å². The molecule has 11 heteroatoms. The van der Waals surface area contributed by atoms with Gasteiger partial charge in [0, 0.05) is 34.9 Å². The van der Waals surface area contributed by atoms with Gasteiger partial charge >= 0.3 is 5.69 Å². The summed E-state index contributed by atoms with van der Waals surface area (Å²) in [5.74, 6) is 0.125. The summed E-state index contributed by atoms with van der Waals surface area (Å²) < 4.78 is 10.7. The van der Waals surface area contributed by atoms with Crippen LogP contribution in [0.4, 0.5) is 11.4 Å². The molecule has 2 N–H and O–H groups in total. The summed E-state index contributed by atoms with van der Waals surface area (Å²) in [5, 5.41) is 23.1. The maximum atomic E-state index is 12.4. The van der Waals surface area contributed by atoms with Crippen molar-refractivity contribution in [1.29, 1.82) is 0 Å². The Hall–Kier alpha value is -3.86. The summed E-state index contributed by atoms with van der Waals surface area (Å²) in [6, 6.07) is 10.5. The molecule has 0 saturated carbocycles. The zero-order valence-corrected chi connectivity index (χ0v) is 17.4. The first-order valence-corrected chi connectivity index (χ1v) is 10.1. The first kappa shape index (κ1) is 20.4. The number of hydrogen-bond acceptors (Lipinski definition) is 8. The molecule has 31 heavy (non-hydrogen) atoms. The van der Waals surface area contributed by atoms with E-state index in [0.717, 1.165) is 28.2 Å².